The van der Waals surface area contributed by atoms with Crippen LogP contribution in [0.4, 0.5) is 5.69 Å². The van der Waals surface area contributed by atoms with Gasteiger partial charge in [0.1, 0.15) is 0 Å². The molecule has 0 amide bonds. The van der Waals surface area contributed by atoms with Gasteiger partial charge >= 0.3 is 0 Å². The largest absolute Gasteiger partial charge is 0.380 e. The number of nitrogens with one attached hydrogen (secondary N) is 1. The minimum Gasteiger partial charge on any atom is -0.380 e. The summed E-state index contributed by atoms with van der Waals surface area (Å²) in [7, 11) is 1.96. The van der Waals surface area contributed by atoms with Gasteiger partial charge in [0, 0.05) is 19.3 Å². The Morgan fingerprint density at radius 1 is 1.53 bits per heavy atom. The Morgan fingerprint density at radius 3 is 3.07 bits per heavy atom. The maximum Gasteiger partial charge on any atom is 0.0728 e. The minimum absolute atomic E-state index is 0.660. The van der Waals surface area contributed by atoms with Crippen LogP contribution in [0, 0.1) is 5.92 Å². The maximum atomic E-state index is 4.18. The SMILES string of the molecule is CCC1CCCC(Nc2cnn(C)c2)C1. The third-order valence-corrected chi connectivity index (χ3v) is 3.44. The first-order valence-corrected chi connectivity index (χ1v) is 6.03. The summed E-state index contributed by atoms with van der Waals surface area (Å²) in [6, 6.07) is 0.660. The van der Waals surface area contributed by atoms with Gasteiger partial charge in [0.05, 0.1) is 11.9 Å². The first kappa shape index (κ1) is 10.5. The molecule has 0 aliphatic heterocycles. The third-order valence-electron chi connectivity index (χ3n) is 3.44. The van der Waals surface area contributed by atoms with Crippen LogP contribution in [0.2, 0.25) is 0 Å². The van der Waals surface area contributed by atoms with Gasteiger partial charge in [-0.3, -0.25) is 4.68 Å². The van der Waals surface area contributed by atoms with E-state index in [1.807, 2.05) is 17.9 Å². The lowest BCUT2D eigenvalue weighted by molar-refractivity contribution is 0.327. The van der Waals surface area contributed by atoms with Gasteiger partial charge in [-0.05, 0) is 18.8 Å². The molecule has 0 radical (unpaired) electrons. The van der Waals surface area contributed by atoms with Crippen LogP contribution in [0.1, 0.15) is 39.0 Å². The molecular weight excluding hydrogens is 186 g/mol. The number of aromatic nitrogens is 2. The van der Waals surface area contributed by atoms with E-state index in [9.17, 15) is 0 Å². The summed E-state index contributed by atoms with van der Waals surface area (Å²) in [6.45, 7) is 2.30. The fourth-order valence-corrected chi connectivity index (χ4v) is 2.52. The number of anilines is 1. The smallest absolute Gasteiger partial charge is 0.0728 e. The highest BCUT2D eigenvalue weighted by molar-refractivity contribution is 5.39. The zero-order valence-electron chi connectivity index (χ0n) is 9.74. The Bertz CT molecular complexity index is 306. The van der Waals surface area contributed by atoms with Crippen molar-refractivity contribution in [2.75, 3.05) is 5.32 Å². The van der Waals surface area contributed by atoms with Crippen LogP contribution in [0.3, 0.4) is 0 Å². The second kappa shape index (κ2) is 4.69. The molecule has 1 aromatic heterocycles. The molecule has 1 aromatic rings. The predicted molar refractivity (Wildman–Crippen MR) is 62.9 cm³/mol. The summed E-state index contributed by atoms with van der Waals surface area (Å²) < 4.78 is 1.85. The molecule has 1 aliphatic carbocycles. The Morgan fingerprint density at radius 2 is 2.40 bits per heavy atom. The molecule has 2 unspecified atom stereocenters. The van der Waals surface area contributed by atoms with Crippen molar-refractivity contribution in [3.63, 3.8) is 0 Å². The molecular formula is C12H21N3. The Balaban J connectivity index is 1.88. The molecule has 0 aromatic carbocycles. The summed E-state index contributed by atoms with van der Waals surface area (Å²) in [6.07, 6.45) is 10.7. The lowest BCUT2D eigenvalue weighted by Crippen LogP contribution is -2.26. The second-order valence-corrected chi connectivity index (χ2v) is 4.68. The van der Waals surface area contributed by atoms with Crippen molar-refractivity contribution >= 4 is 5.69 Å². The van der Waals surface area contributed by atoms with Crippen LogP contribution in [0.25, 0.3) is 0 Å². The van der Waals surface area contributed by atoms with Crippen molar-refractivity contribution in [2.24, 2.45) is 13.0 Å². The average Bonchev–Trinajstić information content (AvgIpc) is 2.64. The highest BCUT2D eigenvalue weighted by Gasteiger charge is 2.20. The fraction of sp³-hybridized carbons (Fsp3) is 0.750. The van der Waals surface area contributed by atoms with E-state index in [0.717, 1.165) is 5.92 Å². The molecule has 2 atom stereocenters. The predicted octanol–water partition coefficient (Wildman–Crippen LogP) is 2.80. The maximum absolute atomic E-state index is 4.18. The summed E-state index contributed by atoms with van der Waals surface area (Å²) >= 11 is 0. The van der Waals surface area contributed by atoms with Crippen molar-refractivity contribution in [1.29, 1.82) is 0 Å². The number of hydrogen-bond donors (Lipinski definition) is 1. The van der Waals surface area contributed by atoms with Gasteiger partial charge in [-0.15, -0.1) is 0 Å². The van der Waals surface area contributed by atoms with Crippen molar-refractivity contribution in [3.8, 4) is 0 Å². The molecule has 84 valence electrons. The van der Waals surface area contributed by atoms with Crippen LogP contribution in [-0.2, 0) is 7.05 Å². The lowest BCUT2D eigenvalue weighted by Gasteiger charge is -2.29. The van der Waals surface area contributed by atoms with Gasteiger partial charge < -0.3 is 5.32 Å². The average molecular weight is 207 g/mol. The monoisotopic (exact) mass is 207 g/mol. The van der Waals surface area contributed by atoms with Gasteiger partial charge in [0.25, 0.3) is 0 Å². The molecule has 1 saturated carbocycles. The van der Waals surface area contributed by atoms with Crippen LogP contribution < -0.4 is 5.32 Å². The van der Waals surface area contributed by atoms with Crippen molar-refractivity contribution in [1.82, 2.24) is 9.78 Å². The van der Waals surface area contributed by atoms with Crippen molar-refractivity contribution in [2.45, 2.75) is 45.1 Å². The summed E-state index contributed by atoms with van der Waals surface area (Å²) in [4.78, 5) is 0. The van der Waals surface area contributed by atoms with Crippen molar-refractivity contribution in [3.05, 3.63) is 12.4 Å². The first-order chi connectivity index (χ1) is 7.28. The first-order valence-electron chi connectivity index (χ1n) is 6.03. The number of hydrogen-bond acceptors (Lipinski definition) is 2. The molecule has 1 aliphatic rings. The lowest BCUT2D eigenvalue weighted by atomic mass is 9.84. The molecule has 3 heteroatoms. The zero-order valence-corrected chi connectivity index (χ0v) is 9.74. The third kappa shape index (κ3) is 2.74. The summed E-state index contributed by atoms with van der Waals surface area (Å²) in [5.41, 5.74) is 1.17. The number of aryl methyl sites for hydroxylation is 1. The summed E-state index contributed by atoms with van der Waals surface area (Å²) in [5, 5.41) is 7.76. The standard InChI is InChI=1S/C12H21N3/c1-3-10-5-4-6-11(7-10)14-12-8-13-15(2)9-12/h8-11,14H,3-7H2,1-2H3. The van der Waals surface area contributed by atoms with Gasteiger partial charge in [-0.25, -0.2) is 0 Å². The van der Waals surface area contributed by atoms with Gasteiger partial charge in [0.15, 0.2) is 0 Å². The zero-order chi connectivity index (χ0) is 10.7. The van der Waals surface area contributed by atoms with E-state index in [-0.39, 0.29) is 0 Å². The molecule has 15 heavy (non-hydrogen) atoms. The second-order valence-electron chi connectivity index (χ2n) is 4.68. The van der Waals surface area contributed by atoms with Crippen molar-refractivity contribution < 1.29 is 0 Å². The summed E-state index contributed by atoms with van der Waals surface area (Å²) in [5.74, 6) is 0.924. The highest BCUT2D eigenvalue weighted by atomic mass is 15.3. The van der Waals surface area contributed by atoms with Crippen LogP contribution in [0.5, 0.6) is 0 Å². The molecule has 1 N–H and O–H groups in total. The fourth-order valence-electron chi connectivity index (χ4n) is 2.52. The number of nitrogens with zero attached hydrogens (tertiary/aromatic N) is 2. The Labute approximate surface area is 91.9 Å². The minimum atomic E-state index is 0.660. The Hall–Kier alpha value is -0.990. The van der Waals surface area contributed by atoms with Crippen LogP contribution in [0.15, 0.2) is 12.4 Å². The van der Waals surface area contributed by atoms with E-state index in [0.29, 0.717) is 6.04 Å². The van der Waals surface area contributed by atoms with E-state index in [1.54, 1.807) is 0 Å². The van der Waals surface area contributed by atoms with Gasteiger partial charge in [0.2, 0.25) is 0 Å². The van der Waals surface area contributed by atoms with Crippen LogP contribution in [-0.4, -0.2) is 15.8 Å². The molecule has 0 spiro atoms. The van der Waals surface area contributed by atoms with Crippen LogP contribution >= 0.6 is 0 Å². The molecule has 0 saturated heterocycles. The molecule has 2 rings (SSSR count). The Kier molecular flexibility index (Phi) is 3.29. The normalized spacial score (nSPS) is 26.5. The van der Waals surface area contributed by atoms with Gasteiger partial charge in [-0.2, -0.15) is 5.10 Å². The van der Waals surface area contributed by atoms with E-state index in [1.165, 1.54) is 37.8 Å². The molecule has 0 bridgehead atoms. The van der Waals surface area contributed by atoms with E-state index in [2.05, 4.69) is 23.5 Å². The number of rotatable bonds is 3. The van der Waals surface area contributed by atoms with Gasteiger partial charge in [-0.1, -0.05) is 26.2 Å². The molecule has 1 heterocycles. The van der Waals surface area contributed by atoms with E-state index in [4.69, 9.17) is 0 Å². The van der Waals surface area contributed by atoms with E-state index < -0.39 is 0 Å². The topological polar surface area (TPSA) is 29.9 Å². The van der Waals surface area contributed by atoms with E-state index >= 15 is 0 Å². The molecule has 3 nitrogen and oxygen atoms in total. The highest BCUT2D eigenvalue weighted by Crippen LogP contribution is 2.28. The quantitative estimate of drug-likeness (QED) is 0.826. The molecule has 1 fully saturated rings.